The van der Waals surface area contributed by atoms with E-state index in [1.807, 2.05) is 31.2 Å². The van der Waals surface area contributed by atoms with E-state index in [-0.39, 0.29) is 5.78 Å². The first-order chi connectivity index (χ1) is 5.15. The summed E-state index contributed by atoms with van der Waals surface area (Å²) in [6.07, 6.45) is 9.51. The zero-order valence-electron chi connectivity index (χ0n) is 7.50. The standard InChI is InChI=1S/C7H10.C3H6O/c1-3-5-7-6-4-2;1-3(2)4/h3-7H,1H2,2H3;1-2H3/b6-4-,7-5-;. The highest BCUT2D eigenvalue weighted by molar-refractivity contribution is 5.72. The minimum Gasteiger partial charge on any atom is -0.300 e. The van der Waals surface area contributed by atoms with Gasteiger partial charge in [-0.25, -0.2) is 0 Å². The topological polar surface area (TPSA) is 17.1 Å². The van der Waals surface area contributed by atoms with Gasteiger partial charge in [0.25, 0.3) is 0 Å². The third kappa shape index (κ3) is 50.5. The van der Waals surface area contributed by atoms with E-state index >= 15 is 0 Å². The lowest BCUT2D eigenvalue weighted by Crippen LogP contribution is -1.69. The Balaban J connectivity index is 0. The van der Waals surface area contributed by atoms with Crippen LogP contribution in [0.3, 0.4) is 0 Å². The summed E-state index contributed by atoms with van der Waals surface area (Å²) in [4.78, 5) is 9.44. The minimum absolute atomic E-state index is 0.167. The third-order valence-corrected chi connectivity index (χ3v) is 0.551. The van der Waals surface area contributed by atoms with Crippen LogP contribution in [-0.2, 0) is 4.79 Å². The summed E-state index contributed by atoms with van der Waals surface area (Å²) in [5, 5.41) is 0. The van der Waals surface area contributed by atoms with Gasteiger partial charge < -0.3 is 4.79 Å². The summed E-state index contributed by atoms with van der Waals surface area (Å²) in [5.41, 5.74) is 0. The molecule has 0 radical (unpaired) electrons. The van der Waals surface area contributed by atoms with Gasteiger partial charge in [-0.05, 0) is 20.8 Å². The molecule has 0 atom stereocenters. The summed E-state index contributed by atoms with van der Waals surface area (Å²) in [6.45, 7) is 8.55. The molecule has 0 fully saturated rings. The Labute approximate surface area is 69.1 Å². The van der Waals surface area contributed by atoms with Crippen LogP contribution >= 0.6 is 0 Å². The number of hydrogen-bond donors (Lipinski definition) is 0. The summed E-state index contributed by atoms with van der Waals surface area (Å²) in [7, 11) is 0. The van der Waals surface area contributed by atoms with Crippen LogP contribution in [0.1, 0.15) is 20.8 Å². The second-order valence-corrected chi connectivity index (χ2v) is 2.05. The van der Waals surface area contributed by atoms with Crippen LogP contribution in [0.4, 0.5) is 0 Å². The van der Waals surface area contributed by atoms with Crippen molar-refractivity contribution < 1.29 is 4.79 Å². The number of rotatable bonds is 2. The Morgan fingerprint density at radius 2 is 1.64 bits per heavy atom. The maximum atomic E-state index is 9.44. The molecular formula is C10H16O. The van der Waals surface area contributed by atoms with Gasteiger partial charge >= 0.3 is 0 Å². The number of ketones is 1. The normalized spacial score (nSPS) is 9.36. The first-order valence-corrected chi connectivity index (χ1v) is 3.52. The second kappa shape index (κ2) is 11.7. The molecule has 0 rings (SSSR count). The van der Waals surface area contributed by atoms with Gasteiger partial charge in [0.05, 0.1) is 0 Å². The Kier molecular flexibility index (Phi) is 13.3. The lowest BCUT2D eigenvalue weighted by Gasteiger charge is -1.65. The van der Waals surface area contributed by atoms with Crippen molar-refractivity contribution in [3.8, 4) is 0 Å². The van der Waals surface area contributed by atoms with E-state index in [9.17, 15) is 4.79 Å². The van der Waals surface area contributed by atoms with Gasteiger partial charge in [-0.15, -0.1) is 0 Å². The number of hydrogen-bond acceptors (Lipinski definition) is 1. The van der Waals surface area contributed by atoms with E-state index in [1.54, 1.807) is 6.08 Å². The average Bonchev–Trinajstić information content (AvgIpc) is 1.88. The maximum absolute atomic E-state index is 9.44. The van der Waals surface area contributed by atoms with Crippen molar-refractivity contribution in [2.75, 3.05) is 0 Å². The Morgan fingerprint density at radius 1 is 1.18 bits per heavy atom. The van der Waals surface area contributed by atoms with Crippen molar-refractivity contribution in [2.24, 2.45) is 0 Å². The van der Waals surface area contributed by atoms with Crippen LogP contribution in [0, 0.1) is 0 Å². The second-order valence-electron chi connectivity index (χ2n) is 2.05. The maximum Gasteiger partial charge on any atom is 0.126 e. The summed E-state index contributed by atoms with van der Waals surface area (Å²) in [5.74, 6) is 0.167. The van der Waals surface area contributed by atoms with Crippen molar-refractivity contribution in [2.45, 2.75) is 20.8 Å². The van der Waals surface area contributed by atoms with Crippen LogP contribution in [0.25, 0.3) is 0 Å². The molecule has 0 amide bonds. The molecule has 0 aromatic carbocycles. The Hall–Kier alpha value is -1.11. The predicted molar refractivity (Wildman–Crippen MR) is 50.5 cm³/mol. The Bertz CT molecular complexity index is 148. The molecular weight excluding hydrogens is 136 g/mol. The van der Waals surface area contributed by atoms with Crippen molar-refractivity contribution in [1.82, 2.24) is 0 Å². The van der Waals surface area contributed by atoms with Gasteiger partial charge in [-0.2, -0.15) is 0 Å². The van der Waals surface area contributed by atoms with Gasteiger partial charge in [0.15, 0.2) is 0 Å². The number of carbonyl (C=O) groups excluding carboxylic acids is 1. The number of allylic oxidation sites excluding steroid dienone is 5. The molecule has 62 valence electrons. The SMILES string of the molecule is C=C/C=C\C=C/C.CC(C)=O. The molecule has 0 aliphatic carbocycles. The molecule has 0 bridgehead atoms. The summed E-state index contributed by atoms with van der Waals surface area (Å²) >= 11 is 0. The molecule has 0 aromatic heterocycles. The van der Waals surface area contributed by atoms with Crippen molar-refractivity contribution in [3.05, 3.63) is 37.0 Å². The van der Waals surface area contributed by atoms with Crippen LogP contribution < -0.4 is 0 Å². The molecule has 0 aliphatic rings. The average molecular weight is 152 g/mol. The molecule has 0 N–H and O–H groups in total. The fraction of sp³-hybridized carbons (Fsp3) is 0.300. The van der Waals surface area contributed by atoms with Crippen LogP contribution in [-0.4, -0.2) is 5.78 Å². The first-order valence-electron chi connectivity index (χ1n) is 3.52. The van der Waals surface area contributed by atoms with E-state index in [0.29, 0.717) is 0 Å². The molecule has 0 heterocycles. The minimum atomic E-state index is 0.167. The van der Waals surface area contributed by atoms with Crippen LogP contribution in [0.15, 0.2) is 37.0 Å². The molecule has 0 unspecified atom stereocenters. The third-order valence-electron chi connectivity index (χ3n) is 0.551. The fourth-order valence-electron chi connectivity index (χ4n) is 0.254. The van der Waals surface area contributed by atoms with E-state index in [0.717, 1.165) is 0 Å². The Morgan fingerprint density at radius 3 is 1.91 bits per heavy atom. The molecule has 0 aliphatic heterocycles. The zero-order chi connectivity index (χ0) is 9.11. The highest BCUT2D eigenvalue weighted by Crippen LogP contribution is 1.74. The lowest BCUT2D eigenvalue weighted by atomic mass is 10.4. The molecule has 1 nitrogen and oxygen atoms in total. The molecule has 0 spiro atoms. The molecule has 0 saturated carbocycles. The van der Waals surface area contributed by atoms with E-state index in [4.69, 9.17) is 0 Å². The largest absolute Gasteiger partial charge is 0.300 e. The molecule has 0 saturated heterocycles. The van der Waals surface area contributed by atoms with Crippen molar-refractivity contribution >= 4 is 5.78 Å². The van der Waals surface area contributed by atoms with Crippen molar-refractivity contribution in [3.63, 3.8) is 0 Å². The van der Waals surface area contributed by atoms with E-state index in [1.165, 1.54) is 13.8 Å². The van der Waals surface area contributed by atoms with Gasteiger partial charge in [-0.3, -0.25) is 0 Å². The molecule has 1 heteroatoms. The van der Waals surface area contributed by atoms with E-state index in [2.05, 4.69) is 6.58 Å². The highest BCUT2D eigenvalue weighted by atomic mass is 16.1. The monoisotopic (exact) mass is 152 g/mol. The molecule has 11 heavy (non-hydrogen) atoms. The van der Waals surface area contributed by atoms with E-state index < -0.39 is 0 Å². The zero-order valence-corrected chi connectivity index (χ0v) is 7.50. The highest BCUT2D eigenvalue weighted by Gasteiger charge is 1.62. The summed E-state index contributed by atoms with van der Waals surface area (Å²) in [6, 6.07) is 0. The van der Waals surface area contributed by atoms with Gasteiger partial charge in [0.2, 0.25) is 0 Å². The van der Waals surface area contributed by atoms with Crippen LogP contribution in [0.5, 0.6) is 0 Å². The number of Topliss-reactive ketones (excluding diaryl/α,β-unsaturated/α-hetero) is 1. The predicted octanol–water partition coefficient (Wildman–Crippen LogP) is 2.90. The summed E-state index contributed by atoms with van der Waals surface area (Å²) < 4.78 is 0. The molecule has 0 aromatic rings. The quantitative estimate of drug-likeness (QED) is 0.556. The fourth-order valence-corrected chi connectivity index (χ4v) is 0.254. The van der Waals surface area contributed by atoms with Gasteiger partial charge in [0, 0.05) is 0 Å². The lowest BCUT2D eigenvalue weighted by molar-refractivity contribution is -0.114. The first kappa shape index (κ1) is 12.6. The van der Waals surface area contributed by atoms with Gasteiger partial charge in [-0.1, -0.05) is 37.0 Å². The smallest absolute Gasteiger partial charge is 0.126 e. The van der Waals surface area contributed by atoms with Gasteiger partial charge in [0.1, 0.15) is 5.78 Å². The van der Waals surface area contributed by atoms with Crippen LogP contribution in [0.2, 0.25) is 0 Å². The number of carbonyl (C=O) groups is 1. The van der Waals surface area contributed by atoms with Crippen molar-refractivity contribution in [1.29, 1.82) is 0 Å².